The minimum Gasteiger partial charge on any atom is -0.497 e. The van der Waals surface area contributed by atoms with Crippen molar-refractivity contribution in [2.75, 3.05) is 12.9 Å². The zero-order chi connectivity index (χ0) is 14.7. The molecule has 0 saturated heterocycles. The van der Waals surface area contributed by atoms with Gasteiger partial charge in [-0.15, -0.1) is 0 Å². The van der Waals surface area contributed by atoms with Gasteiger partial charge in [-0.05, 0) is 29.8 Å². The van der Waals surface area contributed by atoms with Crippen molar-refractivity contribution in [3.63, 3.8) is 0 Å². The molecule has 1 unspecified atom stereocenters. The second kappa shape index (κ2) is 6.20. The molecule has 0 aliphatic carbocycles. The molecule has 108 valence electrons. The zero-order valence-electron chi connectivity index (χ0n) is 11.7. The van der Waals surface area contributed by atoms with E-state index < -0.39 is 0 Å². The summed E-state index contributed by atoms with van der Waals surface area (Å²) in [6.45, 7) is 0. The highest BCUT2D eigenvalue weighted by atomic mass is 32.2. The Bertz CT molecular complexity index is 709. The number of oxazole rings is 1. The third-order valence-corrected chi connectivity index (χ3v) is 4.13. The molecule has 0 saturated carbocycles. The highest BCUT2D eigenvalue weighted by molar-refractivity contribution is 7.99. The topological polar surface area (TPSA) is 61.3 Å². The molecule has 5 heteroatoms. The summed E-state index contributed by atoms with van der Waals surface area (Å²) in [5, 5.41) is 0.648. The van der Waals surface area contributed by atoms with Gasteiger partial charge in [0.15, 0.2) is 5.58 Å². The van der Waals surface area contributed by atoms with Crippen LogP contribution in [0.1, 0.15) is 11.6 Å². The Morgan fingerprint density at radius 1 is 1.24 bits per heavy atom. The second-order valence-electron chi connectivity index (χ2n) is 4.64. The van der Waals surface area contributed by atoms with Crippen LogP contribution in [0.5, 0.6) is 5.75 Å². The molecule has 0 bridgehead atoms. The molecule has 0 spiro atoms. The smallest absolute Gasteiger partial charge is 0.256 e. The van der Waals surface area contributed by atoms with Gasteiger partial charge in [0.25, 0.3) is 5.22 Å². The number of thioether (sulfide) groups is 1. The Balaban J connectivity index is 1.68. The first-order valence-electron chi connectivity index (χ1n) is 6.64. The Kier molecular flexibility index (Phi) is 4.13. The normalized spacial score (nSPS) is 12.5. The summed E-state index contributed by atoms with van der Waals surface area (Å²) in [5.74, 6) is 1.51. The Morgan fingerprint density at radius 2 is 2.10 bits per heavy atom. The lowest BCUT2D eigenvalue weighted by atomic mass is 10.1. The van der Waals surface area contributed by atoms with E-state index in [1.165, 1.54) is 11.8 Å². The minimum atomic E-state index is -0.0971. The van der Waals surface area contributed by atoms with Crippen molar-refractivity contribution in [1.82, 2.24) is 4.98 Å². The molecule has 2 aromatic carbocycles. The number of methoxy groups -OCH3 is 1. The summed E-state index contributed by atoms with van der Waals surface area (Å²) in [6, 6.07) is 15.4. The van der Waals surface area contributed by atoms with E-state index in [0.29, 0.717) is 11.0 Å². The molecule has 0 aliphatic rings. The molecule has 0 amide bonds. The van der Waals surface area contributed by atoms with Crippen LogP contribution in [-0.2, 0) is 0 Å². The molecule has 1 aromatic heterocycles. The number of aromatic nitrogens is 1. The molecule has 4 nitrogen and oxygen atoms in total. The van der Waals surface area contributed by atoms with E-state index in [2.05, 4.69) is 4.98 Å². The average molecular weight is 300 g/mol. The van der Waals surface area contributed by atoms with Crippen LogP contribution in [0.3, 0.4) is 0 Å². The number of para-hydroxylation sites is 2. The number of hydrogen-bond acceptors (Lipinski definition) is 5. The fourth-order valence-electron chi connectivity index (χ4n) is 2.04. The number of nitrogens with two attached hydrogens (primary N) is 1. The van der Waals surface area contributed by atoms with E-state index >= 15 is 0 Å². The van der Waals surface area contributed by atoms with Gasteiger partial charge in [-0.1, -0.05) is 36.0 Å². The number of benzene rings is 2. The highest BCUT2D eigenvalue weighted by Gasteiger charge is 2.11. The van der Waals surface area contributed by atoms with Gasteiger partial charge in [-0.25, -0.2) is 4.98 Å². The van der Waals surface area contributed by atoms with Crippen molar-refractivity contribution in [3.8, 4) is 5.75 Å². The van der Waals surface area contributed by atoms with Crippen molar-refractivity contribution < 1.29 is 9.15 Å². The third kappa shape index (κ3) is 3.20. The second-order valence-corrected chi connectivity index (χ2v) is 5.61. The number of ether oxygens (including phenoxy) is 1. The van der Waals surface area contributed by atoms with Crippen molar-refractivity contribution >= 4 is 22.9 Å². The van der Waals surface area contributed by atoms with E-state index in [9.17, 15) is 0 Å². The Hall–Kier alpha value is -1.98. The Labute approximate surface area is 127 Å². The van der Waals surface area contributed by atoms with Crippen LogP contribution < -0.4 is 10.5 Å². The molecular formula is C16H16N2O2S. The quantitative estimate of drug-likeness (QED) is 0.729. The van der Waals surface area contributed by atoms with Crippen molar-refractivity contribution in [1.29, 1.82) is 0 Å². The van der Waals surface area contributed by atoms with Gasteiger partial charge in [0.1, 0.15) is 11.3 Å². The average Bonchev–Trinajstić information content (AvgIpc) is 2.95. The van der Waals surface area contributed by atoms with E-state index in [4.69, 9.17) is 14.9 Å². The van der Waals surface area contributed by atoms with Gasteiger partial charge in [0, 0.05) is 11.8 Å². The van der Waals surface area contributed by atoms with Crippen LogP contribution in [0, 0.1) is 0 Å². The summed E-state index contributed by atoms with van der Waals surface area (Å²) in [5.41, 5.74) is 8.93. The molecule has 0 aliphatic heterocycles. The lowest BCUT2D eigenvalue weighted by Gasteiger charge is -2.11. The zero-order valence-corrected chi connectivity index (χ0v) is 12.5. The maximum atomic E-state index is 6.21. The van der Waals surface area contributed by atoms with Gasteiger partial charge in [-0.2, -0.15) is 0 Å². The lowest BCUT2D eigenvalue weighted by molar-refractivity contribution is 0.414. The molecule has 0 radical (unpaired) electrons. The molecule has 0 fully saturated rings. The van der Waals surface area contributed by atoms with Crippen molar-refractivity contribution in [3.05, 3.63) is 54.1 Å². The molecule has 3 rings (SSSR count). The van der Waals surface area contributed by atoms with Gasteiger partial charge in [0.05, 0.1) is 7.11 Å². The van der Waals surface area contributed by atoms with E-state index in [1.54, 1.807) is 7.11 Å². The summed E-state index contributed by atoms with van der Waals surface area (Å²) < 4.78 is 10.9. The molecule has 1 heterocycles. The number of fused-ring (bicyclic) bond motifs is 1. The van der Waals surface area contributed by atoms with Crippen molar-refractivity contribution in [2.24, 2.45) is 5.73 Å². The van der Waals surface area contributed by atoms with Gasteiger partial charge in [-0.3, -0.25) is 0 Å². The van der Waals surface area contributed by atoms with Crippen LogP contribution in [0.25, 0.3) is 11.1 Å². The third-order valence-electron chi connectivity index (χ3n) is 3.18. The lowest BCUT2D eigenvalue weighted by Crippen LogP contribution is -2.12. The first-order chi connectivity index (χ1) is 10.3. The predicted molar refractivity (Wildman–Crippen MR) is 84.7 cm³/mol. The SMILES string of the molecule is COc1cccc(C(N)CSc2nc3ccccc3o2)c1. The summed E-state index contributed by atoms with van der Waals surface area (Å²) in [4.78, 5) is 4.43. The highest BCUT2D eigenvalue weighted by Crippen LogP contribution is 2.27. The van der Waals surface area contributed by atoms with Crippen LogP contribution in [0.15, 0.2) is 58.2 Å². The first-order valence-corrected chi connectivity index (χ1v) is 7.63. The Morgan fingerprint density at radius 3 is 2.90 bits per heavy atom. The number of rotatable bonds is 5. The summed E-state index contributed by atoms with van der Waals surface area (Å²) in [6.07, 6.45) is 0. The van der Waals surface area contributed by atoms with Crippen LogP contribution in [0.4, 0.5) is 0 Å². The van der Waals surface area contributed by atoms with Crippen LogP contribution >= 0.6 is 11.8 Å². The van der Waals surface area contributed by atoms with Gasteiger partial charge < -0.3 is 14.9 Å². The number of hydrogen-bond donors (Lipinski definition) is 1. The maximum absolute atomic E-state index is 6.21. The summed E-state index contributed by atoms with van der Waals surface area (Å²) >= 11 is 1.52. The van der Waals surface area contributed by atoms with Crippen LogP contribution in [-0.4, -0.2) is 17.8 Å². The number of nitrogens with zero attached hydrogens (tertiary/aromatic N) is 1. The molecule has 1 atom stereocenters. The molecule has 2 N–H and O–H groups in total. The van der Waals surface area contributed by atoms with Crippen molar-refractivity contribution in [2.45, 2.75) is 11.3 Å². The molecule has 3 aromatic rings. The standard InChI is InChI=1S/C16H16N2O2S/c1-19-12-6-4-5-11(9-12)13(17)10-21-16-18-14-7-2-3-8-15(14)20-16/h2-9,13H,10,17H2,1H3. The van der Waals surface area contributed by atoms with E-state index in [0.717, 1.165) is 22.4 Å². The summed E-state index contributed by atoms with van der Waals surface area (Å²) in [7, 11) is 1.65. The van der Waals surface area contributed by atoms with Gasteiger partial charge >= 0.3 is 0 Å². The first kappa shape index (κ1) is 14.0. The van der Waals surface area contributed by atoms with Crippen LogP contribution in [0.2, 0.25) is 0 Å². The molecular weight excluding hydrogens is 284 g/mol. The van der Waals surface area contributed by atoms with Gasteiger partial charge in [0.2, 0.25) is 0 Å². The molecule has 21 heavy (non-hydrogen) atoms. The monoisotopic (exact) mass is 300 g/mol. The fourth-order valence-corrected chi connectivity index (χ4v) is 2.87. The largest absolute Gasteiger partial charge is 0.497 e. The maximum Gasteiger partial charge on any atom is 0.256 e. The van der Waals surface area contributed by atoms with E-state index in [1.807, 2.05) is 48.5 Å². The van der Waals surface area contributed by atoms with E-state index in [-0.39, 0.29) is 6.04 Å². The fraction of sp³-hybridized carbons (Fsp3) is 0.188. The minimum absolute atomic E-state index is 0.0971. The predicted octanol–water partition coefficient (Wildman–Crippen LogP) is 3.63.